The number of esters is 2. The zero-order valence-corrected chi connectivity index (χ0v) is 16.9. The third-order valence-electron chi connectivity index (χ3n) is 4.97. The minimum Gasteiger partial charge on any atom is -0.465 e. The van der Waals surface area contributed by atoms with Crippen LogP contribution < -0.4 is 0 Å². The van der Waals surface area contributed by atoms with Crippen LogP contribution in [0.1, 0.15) is 44.6 Å². The van der Waals surface area contributed by atoms with Crippen molar-refractivity contribution in [1.82, 2.24) is 4.98 Å². The van der Waals surface area contributed by atoms with Crippen molar-refractivity contribution in [2.75, 3.05) is 7.11 Å². The molecule has 1 atom stereocenters. The first kappa shape index (κ1) is 20.3. The number of hydrogen-bond donors (Lipinski definition) is 1. The van der Waals surface area contributed by atoms with E-state index in [0.717, 1.165) is 16.3 Å². The van der Waals surface area contributed by atoms with Crippen molar-refractivity contribution in [2.45, 2.75) is 33.3 Å². The Morgan fingerprint density at radius 3 is 2.45 bits per heavy atom. The van der Waals surface area contributed by atoms with Crippen LogP contribution in [0.2, 0.25) is 0 Å². The molecule has 0 radical (unpaired) electrons. The molecule has 6 heteroatoms. The molecule has 1 aromatic heterocycles. The normalized spacial score (nSPS) is 11.9. The Hall–Kier alpha value is -3.41. The molecule has 0 saturated heterocycles. The molecule has 0 fully saturated rings. The number of carbonyl (C=O) groups is 3. The number of fused-ring (bicyclic) bond motifs is 1. The fourth-order valence-electron chi connectivity index (χ4n) is 3.50. The Morgan fingerprint density at radius 2 is 1.72 bits per heavy atom. The highest BCUT2D eigenvalue weighted by Gasteiger charge is 2.27. The van der Waals surface area contributed by atoms with Crippen molar-refractivity contribution in [3.63, 3.8) is 0 Å². The summed E-state index contributed by atoms with van der Waals surface area (Å²) in [5.41, 5.74) is 2.43. The highest BCUT2D eigenvalue weighted by Crippen LogP contribution is 2.22. The SMILES string of the molecule is COC(=O)c1c(C)[nH]c(C(=O)[C@H](C)OC(=O)Cc2cccc3ccccc23)c1C. The molecule has 150 valence electrons. The molecule has 0 bridgehead atoms. The largest absolute Gasteiger partial charge is 0.465 e. The Balaban J connectivity index is 1.74. The Morgan fingerprint density at radius 1 is 1.03 bits per heavy atom. The average Bonchev–Trinajstić information content (AvgIpc) is 3.01. The zero-order chi connectivity index (χ0) is 21.1. The quantitative estimate of drug-likeness (QED) is 0.507. The van der Waals surface area contributed by atoms with Crippen LogP contribution >= 0.6 is 0 Å². The topological polar surface area (TPSA) is 85.5 Å². The molecular weight excluding hydrogens is 370 g/mol. The highest BCUT2D eigenvalue weighted by atomic mass is 16.5. The van der Waals surface area contributed by atoms with Crippen LogP contribution in [0, 0.1) is 13.8 Å². The second kappa shape index (κ2) is 8.31. The first-order chi connectivity index (χ1) is 13.8. The van der Waals surface area contributed by atoms with Gasteiger partial charge in [0.1, 0.15) is 0 Å². The van der Waals surface area contributed by atoms with Gasteiger partial charge in [0.05, 0.1) is 24.8 Å². The van der Waals surface area contributed by atoms with Gasteiger partial charge in [0.15, 0.2) is 6.10 Å². The predicted octanol–water partition coefficient (Wildman–Crippen LogP) is 3.93. The van der Waals surface area contributed by atoms with Gasteiger partial charge in [0.25, 0.3) is 0 Å². The fourth-order valence-corrected chi connectivity index (χ4v) is 3.50. The van der Waals surface area contributed by atoms with Gasteiger partial charge in [-0.05, 0) is 42.7 Å². The number of hydrogen-bond acceptors (Lipinski definition) is 5. The summed E-state index contributed by atoms with van der Waals surface area (Å²) in [6.45, 7) is 4.87. The van der Waals surface area contributed by atoms with Gasteiger partial charge in [0, 0.05) is 5.69 Å². The van der Waals surface area contributed by atoms with Gasteiger partial charge in [0.2, 0.25) is 5.78 Å². The minimum absolute atomic E-state index is 0.0646. The number of benzene rings is 2. The maximum atomic E-state index is 12.8. The number of aromatic nitrogens is 1. The number of ketones is 1. The van der Waals surface area contributed by atoms with E-state index in [9.17, 15) is 14.4 Å². The third-order valence-corrected chi connectivity index (χ3v) is 4.97. The molecule has 0 aliphatic rings. The zero-order valence-electron chi connectivity index (χ0n) is 16.9. The molecule has 0 aliphatic heterocycles. The monoisotopic (exact) mass is 393 g/mol. The second-order valence-electron chi connectivity index (χ2n) is 6.93. The molecule has 0 unspecified atom stereocenters. The number of methoxy groups -OCH3 is 1. The maximum absolute atomic E-state index is 12.8. The lowest BCUT2D eigenvalue weighted by atomic mass is 10.0. The predicted molar refractivity (Wildman–Crippen MR) is 109 cm³/mol. The summed E-state index contributed by atoms with van der Waals surface area (Å²) < 4.78 is 10.1. The number of nitrogens with one attached hydrogen (secondary N) is 1. The number of carbonyl (C=O) groups excluding carboxylic acids is 3. The van der Waals surface area contributed by atoms with Gasteiger partial charge < -0.3 is 14.5 Å². The van der Waals surface area contributed by atoms with Gasteiger partial charge in [-0.15, -0.1) is 0 Å². The first-order valence-corrected chi connectivity index (χ1v) is 9.31. The molecule has 29 heavy (non-hydrogen) atoms. The molecule has 0 spiro atoms. The van der Waals surface area contributed by atoms with E-state index in [-0.39, 0.29) is 12.1 Å². The summed E-state index contributed by atoms with van der Waals surface area (Å²) in [6.07, 6.45) is -0.922. The smallest absolute Gasteiger partial charge is 0.339 e. The molecule has 1 heterocycles. The number of Topliss-reactive ketones (excluding diaryl/α,β-unsaturated/α-hetero) is 1. The summed E-state index contributed by atoms with van der Waals surface area (Å²) >= 11 is 0. The van der Waals surface area contributed by atoms with Crippen molar-refractivity contribution in [2.24, 2.45) is 0 Å². The summed E-state index contributed by atoms with van der Waals surface area (Å²) in [6, 6.07) is 13.5. The van der Waals surface area contributed by atoms with Gasteiger partial charge in [-0.1, -0.05) is 42.5 Å². The van der Waals surface area contributed by atoms with E-state index < -0.39 is 23.8 Å². The summed E-state index contributed by atoms with van der Waals surface area (Å²) in [7, 11) is 1.29. The molecule has 0 saturated carbocycles. The molecule has 6 nitrogen and oxygen atoms in total. The first-order valence-electron chi connectivity index (χ1n) is 9.31. The van der Waals surface area contributed by atoms with Crippen LogP contribution in [-0.4, -0.2) is 35.9 Å². The van der Waals surface area contributed by atoms with Gasteiger partial charge >= 0.3 is 11.9 Å². The molecular formula is C23H23NO5. The van der Waals surface area contributed by atoms with Crippen LogP contribution in [0.25, 0.3) is 10.8 Å². The van der Waals surface area contributed by atoms with E-state index in [1.54, 1.807) is 13.8 Å². The van der Waals surface area contributed by atoms with Crippen molar-refractivity contribution < 1.29 is 23.9 Å². The molecule has 0 aliphatic carbocycles. The van der Waals surface area contributed by atoms with Crippen LogP contribution in [0.5, 0.6) is 0 Å². The van der Waals surface area contributed by atoms with Crippen molar-refractivity contribution in [1.29, 1.82) is 0 Å². The number of aromatic amines is 1. The van der Waals surface area contributed by atoms with Crippen molar-refractivity contribution >= 4 is 28.5 Å². The number of ether oxygens (including phenoxy) is 2. The van der Waals surface area contributed by atoms with E-state index in [4.69, 9.17) is 9.47 Å². The summed E-state index contributed by atoms with van der Waals surface area (Å²) in [5.74, 6) is -1.40. The third kappa shape index (κ3) is 4.06. The fraction of sp³-hybridized carbons (Fsp3) is 0.261. The number of H-pyrrole nitrogens is 1. The van der Waals surface area contributed by atoms with E-state index in [0.29, 0.717) is 16.8 Å². The lowest BCUT2D eigenvalue weighted by molar-refractivity contribution is -0.145. The molecule has 0 amide bonds. The van der Waals surface area contributed by atoms with Crippen molar-refractivity contribution in [3.8, 4) is 0 Å². The van der Waals surface area contributed by atoms with Gasteiger partial charge in [-0.2, -0.15) is 0 Å². The Kier molecular flexibility index (Phi) is 5.82. The molecule has 3 aromatic rings. The van der Waals surface area contributed by atoms with Crippen LogP contribution in [0.4, 0.5) is 0 Å². The standard InChI is InChI=1S/C23H23NO5/c1-13-20(23(27)28-4)14(2)24-21(13)22(26)15(3)29-19(25)12-17-10-7-9-16-8-5-6-11-18(16)17/h5-11,15,24H,12H2,1-4H3/t15-/m0/s1. The summed E-state index contributed by atoms with van der Waals surface area (Å²) in [5, 5.41) is 2.01. The second-order valence-corrected chi connectivity index (χ2v) is 6.93. The Bertz CT molecular complexity index is 1090. The van der Waals surface area contributed by atoms with Crippen LogP contribution in [0.3, 0.4) is 0 Å². The average molecular weight is 393 g/mol. The lowest BCUT2D eigenvalue weighted by Gasteiger charge is -2.13. The van der Waals surface area contributed by atoms with Gasteiger partial charge in [-0.25, -0.2) is 4.79 Å². The van der Waals surface area contributed by atoms with E-state index in [2.05, 4.69) is 4.98 Å². The highest BCUT2D eigenvalue weighted by molar-refractivity contribution is 6.04. The van der Waals surface area contributed by atoms with Crippen LogP contribution in [-0.2, 0) is 20.7 Å². The number of aryl methyl sites for hydroxylation is 1. The van der Waals surface area contributed by atoms with Crippen LogP contribution in [0.15, 0.2) is 42.5 Å². The minimum atomic E-state index is -0.986. The Labute approximate surface area is 168 Å². The lowest BCUT2D eigenvalue weighted by Crippen LogP contribution is -2.26. The summed E-state index contributed by atoms with van der Waals surface area (Å²) in [4.78, 5) is 40.1. The molecule has 3 rings (SSSR count). The maximum Gasteiger partial charge on any atom is 0.339 e. The van der Waals surface area contributed by atoms with Gasteiger partial charge in [-0.3, -0.25) is 9.59 Å². The van der Waals surface area contributed by atoms with Crippen molar-refractivity contribution in [3.05, 3.63) is 70.5 Å². The molecule has 2 aromatic carbocycles. The van der Waals surface area contributed by atoms with E-state index in [1.807, 2.05) is 42.5 Å². The number of rotatable bonds is 6. The molecule has 1 N–H and O–H groups in total. The van der Waals surface area contributed by atoms with E-state index >= 15 is 0 Å². The van der Waals surface area contributed by atoms with E-state index in [1.165, 1.54) is 14.0 Å².